The Bertz CT molecular complexity index is 1120. The van der Waals surface area contributed by atoms with Crippen molar-refractivity contribution in [3.8, 4) is 11.5 Å². The first-order valence-corrected chi connectivity index (χ1v) is 12.2. The number of thiocarbonyl (C=S) groups is 1. The van der Waals surface area contributed by atoms with E-state index in [4.69, 9.17) is 21.7 Å². The zero-order valence-corrected chi connectivity index (χ0v) is 20.3. The number of hydrogen-bond donors (Lipinski definition) is 0. The Labute approximate surface area is 204 Å². The van der Waals surface area contributed by atoms with Crippen LogP contribution in [0.2, 0.25) is 0 Å². The van der Waals surface area contributed by atoms with Gasteiger partial charge in [-0.2, -0.15) is 0 Å². The number of carbonyl (C=O) groups excluding carboxylic acids is 1. The summed E-state index contributed by atoms with van der Waals surface area (Å²) >= 11 is 6.93. The smallest absolute Gasteiger partial charge is 0.242 e. The first-order chi connectivity index (χ1) is 16.0. The Morgan fingerprint density at radius 1 is 1.03 bits per heavy atom. The Kier molecular flexibility index (Phi) is 7.62. The number of benzene rings is 2. The molecule has 7 heteroatoms. The lowest BCUT2D eigenvalue weighted by atomic mass is 10.1. The maximum Gasteiger partial charge on any atom is 0.242 e. The zero-order chi connectivity index (χ0) is 23.2. The molecule has 0 aliphatic carbocycles. The second-order valence-electron chi connectivity index (χ2n) is 7.85. The van der Waals surface area contributed by atoms with Crippen molar-refractivity contribution in [3.05, 3.63) is 89.2 Å². The van der Waals surface area contributed by atoms with Crippen molar-refractivity contribution in [1.82, 2.24) is 9.88 Å². The van der Waals surface area contributed by atoms with Crippen LogP contribution in [-0.4, -0.2) is 32.0 Å². The number of aryl methyl sites for hydroxylation is 1. The summed E-state index contributed by atoms with van der Waals surface area (Å²) < 4.78 is 12.5. The third kappa shape index (κ3) is 5.92. The van der Waals surface area contributed by atoms with Crippen LogP contribution in [0.4, 0.5) is 0 Å². The number of hydrogen-bond acceptors (Lipinski definition) is 6. The highest BCUT2D eigenvalue weighted by atomic mass is 32.2. The van der Waals surface area contributed by atoms with Crippen molar-refractivity contribution >= 4 is 34.2 Å². The van der Waals surface area contributed by atoms with E-state index in [0.29, 0.717) is 42.0 Å². The molecule has 0 unspecified atom stereocenters. The Morgan fingerprint density at radius 3 is 2.55 bits per heavy atom. The molecule has 1 fully saturated rings. The largest absolute Gasteiger partial charge is 0.490 e. The Hall–Kier alpha value is -2.90. The minimum atomic E-state index is -0.247. The summed E-state index contributed by atoms with van der Waals surface area (Å²) in [4.78, 5) is 18.8. The number of pyridine rings is 1. The van der Waals surface area contributed by atoms with E-state index >= 15 is 0 Å². The maximum atomic E-state index is 13.0. The monoisotopic (exact) mass is 478 g/mol. The minimum Gasteiger partial charge on any atom is -0.490 e. The molecule has 0 N–H and O–H groups in total. The van der Waals surface area contributed by atoms with Crippen LogP contribution >= 0.6 is 24.0 Å². The van der Waals surface area contributed by atoms with Crippen LogP contribution < -0.4 is 9.47 Å². The number of aromatic nitrogens is 1. The minimum absolute atomic E-state index is 0.0338. The number of nitrogens with zero attached hydrogens (tertiary/aromatic N) is 2. The molecule has 1 atom stereocenters. The highest BCUT2D eigenvalue weighted by molar-refractivity contribution is 8.24. The average Bonchev–Trinajstić information content (AvgIpc) is 3.08. The van der Waals surface area contributed by atoms with Gasteiger partial charge in [-0.1, -0.05) is 65.9 Å². The predicted octanol–water partition coefficient (Wildman–Crippen LogP) is 5.34. The first-order valence-electron chi connectivity index (χ1n) is 10.9. The molecule has 1 aromatic heterocycles. The topological polar surface area (TPSA) is 51.7 Å². The number of amides is 1. The molecular formula is C26H26N2O3S2. The molecule has 0 spiro atoms. The highest BCUT2D eigenvalue weighted by Gasteiger charge is 2.36. The van der Waals surface area contributed by atoms with Crippen LogP contribution in [-0.2, 0) is 24.4 Å². The van der Waals surface area contributed by atoms with Crippen LogP contribution in [0.25, 0.3) is 0 Å². The molecule has 0 radical (unpaired) electrons. The fourth-order valence-corrected chi connectivity index (χ4v) is 5.10. The molecule has 0 bridgehead atoms. The van der Waals surface area contributed by atoms with Gasteiger partial charge in [-0.05, 0) is 55.2 Å². The molecule has 1 aliphatic rings. The highest BCUT2D eigenvalue weighted by Crippen LogP contribution is 2.34. The lowest BCUT2D eigenvalue weighted by molar-refractivity contribution is -0.126. The summed E-state index contributed by atoms with van der Waals surface area (Å²) in [6.45, 7) is 5.46. The zero-order valence-electron chi connectivity index (χ0n) is 18.7. The van der Waals surface area contributed by atoms with Gasteiger partial charge >= 0.3 is 0 Å². The predicted molar refractivity (Wildman–Crippen MR) is 136 cm³/mol. The summed E-state index contributed by atoms with van der Waals surface area (Å²) in [5.74, 6) is 1.42. The fraction of sp³-hybridized carbons (Fsp3) is 0.269. The van der Waals surface area contributed by atoms with Gasteiger partial charge in [-0.3, -0.25) is 14.7 Å². The van der Waals surface area contributed by atoms with Crippen LogP contribution in [0.15, 0.2) is 67.0 Å². The SMILES string of the molecule is CCOc1cc(C[C@H]2SC(=S)N(Cc3cccnc3)C2=O)ccc1OCc1ccc(C)cc1. The van der Waals surface area contributed by atoms with E-state index in [1.165, 1.54) is 17.3 Å². The maximum absolute atomic E-state index is 13.0. The van der Waals surface area contributed by atoms with Gasteiger partial charge in [0, 0.05) is 12.4 Å². The number of ether oxygens (including phenoxy) is 2. The Morgan fingerprint density at radius 2 is 1.82 bits per heavy atom. The molecule has 4 rings (SSSR count). The second-order valence-corrected chi connectivity index (χ2v) is 9.69. The molecule has 1 amide bonds. The summed E-state index contributed by atoms with van der Waals surface area (Å²) in [5.41, 5.74) is 4.29. The van der Waals surface area contributed by atoms with E-state index in [1.807, 2.05) is 37.3 Å². The van der Waals surface area contributed by atoms with Gasteiger partial charge in [0.25, 0.3) is 0 Å². The first kappa shape index (κ1) is 23.3. The van der Waals surface area contributed by atoms with Gasteiger partial charge in [-0.25, -0.2) is 0 Å². The molecule has 2 aromatic carbocycles. The van der Waals surface area contributed by atoms with E-state index in [0.717, 1.165) is 16.7 Å². The van der Waals surface area contributed by atoms with Crippen molar-refractivity contribution < 1.29 is 14.3 Å². The van der Waals surface area contributed by atoms with Gasteiger partial charge in [0.2, 0.25) is 5.91 Å². The van der Waals surface area contributed by atoms with E-state index in [9.17, 15) is 4.79 Å². The number of rotatable bonds is 9. The van der Waals surface area contributed by atoms with Crippen LogP contribution in [0.5, 0.6) is 11.5 Å². The number of carbonyl (C=O) groups is 1. The standard InChI is InChI=1S/C26H26N2O3S2/c1-3-30-23-13-20(10-11-22(23)31-17-19-8-6-18(2)7-9-19)14-24-25(29)28(26(32)33-24)16-21-5-4-12-27-15-21/h4-13,15,24H,3,14,16-17H2,1-2H3/t24-/m1/s1. The molecule has 2 heterocycles. The van der Waals surface area contributed by atoms with Crippen LogP contribution in [0.3, 0.4) is 0 Å². The average molecular weight is 479 g/mol. The summed E-state index contributed by atoms with van der Waals surface area (Å²) in [6, 6.07) is 18.0. The van der Waals surface area contributed by atoms with Gasteiger partial charge in [0.15, 0.2) is 11.5 Å². The second kappa shape index (κ2) is 10.8. The van der Waals surface area contributed by atoms with Gasteiger partial charge in [-0.15, -0.1) is 0 Å². The molecule has 33 heavy (non-hydrogen) atoms. The molecule has 1 aliphatic heterocycles. The van der Waals surface area contributed by atoms with E-state index in [-0.39, 0.29) is 11.2 Å². The van der Waals surface area contributed by atoms with Crippen molar-refractivity contribution in [1.29, 1.82) is 0 Å². The van der Waals surface area contributed by atoms with Gasteiger partial charge in [0.1, 0.15) is 10.9 Å². The summed E-state index contributed by atoms with van der Waals surface area (Å²) in [5, 5.41) is -0.247. The van der Waals surface area contributed by atoms with Crippen LogP contribution in [0, 0.1) is 6.92 Å². The lowest BCUT2D eigenvalue weighted by Gasteiger charge is -2.16. The number of thioether (sulfide) groups is 1. The van der Waals surface area contributed by atoms with Crippen molar-refractivity contribution in [2.75, 3.05) is 6.61 Å². The lowest BCUT2D eigenvalue weighted by Crippen LogP contribution is -2.31. The van der Waals surface area contributed by atoms with Gasteiger partial charge < -0.3 is 9.47 Å². The molecule has 170 valence electrons. The van der Waals surface area contributed by atoms with Crippen molar-refractivity contribution in [2.24, 2.45) is 0 Å². The van der Waals surface area contributed by atoms with Crippen LogP contribution in [0.1, 0.15) is 29.2 Å². The van der Waals surface area contributed by atoms with Crippen molar-refractivity contribution in [2.45, 2.75) is 38.7 Å². The fourth-order valence-electron chi connectivity index (χ4n) is 3.57. The molecule has 5 nitrogen and oxygen atoms in total. The van der Waals surface area contributed by atoms with E-state index < -0.39 is 0 Å². The normalized spacial score (nSPS) is 15.7. The quantitative estimate of drug-likeness (QED) is 0.387. The molecule has 3 aromatic rings. The molecule has 1 saturated heterocycles. The molecular weight excluding hydrogens is 452 g/mol. The summed E-state index contributed by atoms with van der Waals surface area (Å²) in [7, 11) is 0. The van der Waals surface area contributed by atoms with E-state index in [2.05, 4.69) is 36.2 Å². The third-order valence-corrected chi connectivity index (χ3v) is 6.90. The van der Waals surface area contributed by atoms with E-state index in [1.54, 1.807) is 17.3 Å². The van der Waals surface area contributed by atoms with Crippen molar-refractivity contribution in [3.63, 3.8) is 0 Å². The van der Waals surface area contributed by atoms with Gasteiger partial charge in [0.05, 0.1) is 18.4 Å². The Balaban J connectivity index is 1.43. The molecule has 0 saturated carbocycles. The third-order valence-electron chi connectivity index (χ3n) is 5.31. The summed E-state index contributed by atoms with van der Waals surface area (Å²) in [6.07, 6.45) is 4.05.